The summed E-state index contributed by atoms with van der Waals surface area (Å²) in [7, 11) is 1.91. The van der Waals surface area contributed by atoms with Crippen molar-refractivity contribution in [3.05, 3.63) is 71.5 Å². The molecule has 0 aliphatic rings. The second-order valence-corrected chi connectivity index (χ2v) is 6.11. The first-order chi connectivity index (χ1) is 11.7. The fraction of sp³-hybridized carbons (Fsp3) is 0.176. The van der Waals surface area contributed by atoms with Crippen LogP contribution in [-0.2, 0) is 4.79 Å². The minimum absolute atomic E-state index is 0.104. The SMILES string of the molecule is CN(CC(=O)Nc1nncs1)[C@H](c1ccccc1)c1ccccn1. The Balaban J connectivity index is 1.79. The fourth-order valence-corrected chi connectivity index (χ4v) is 2.99. The number of carbonyl (C=O) groups is 1. The number of rotatable bonds is 6. The van der Waals surface area contributed by atoms with E-state index in [0.29, 0.717) is 5.13 Å². The smallest absolute Gasteiger partial charge is 0.240 e. The average molecular weight is 339 g/mol. The van der Waals surface area contributed by atoms with Gasteiger partial charge in [0, 0.05) is 6.20 Å². The van der Waals surface area contributed by atoms with Gasteiger partial charge in [-0.15, -0.1) is 10.2 Å². The standard InChI is InChI=1S/C17H17N5OS/c1-22(11-15(23)20-17-21-19-12-24-17)16(13-7-3-2-4-8-13)14-9-5-6-10-18-14/h2-10,12,16H,11H2,1H3,(H,20,21,23)/t16-/m1/s1. The maximum atomic E-state index is 12.3. The van der Waals surface area contributed by atoms with Crippen molar-refractivity contribution in [2.24, 2.45) is 0 Å². The summed E-state index contributed by atoms with van der Waals surface area (Å²) in [5, 5.41) is 10.8. The zero-order chi connectivity index (χ0) is 16.8. The summed E-state index contributed by atoms with van der Waals surface area (Å²) in [6.45, 7) is 0.218. The monoisotopic (exact) mass is 339 g/mol. The van der Waals surface area contributed by atoms with Crippen LogP contribution in [0.3, 0.4) is 0 Å². The first-order valence-electron chi connectivity index (χ1n) is 7.46. The van der Waals surface area contributed by atoms with Gasteiger partial charge in [0.1, 0.15) is 5.51 Å². The molecule has 0 saturated carbocycles. The number of amides is 1. The van der Waals surface area contributed by atoms with Crippen molar-refractivity contribution < 1.29 is 4.79 Å². The summed E-state index contributed by atoms with van der Waals surface area (Å²) in [5.74, 6) is -0.133. The molecule has 0 fully saturated rings. The first-order valence-corrected chi connectivity index (χ1v) is 8.34. The maximum Gasteiger partial charge on any atom is 0.240 e. The quantitative estimate of drug-likeness (QED) is 0.747. The Labute approximate surface area is 144 Å². The Hall–Kier alpha value is -2.64. The van der Waals surface area contributed by atoms with E-state index in [1.54, 1.807) is 11.7 Å². The molecule has 1 aromatic carbocycles. The van der Waals surface area contributed by atoms with Gasteiger partial charge in [0.2, 0.25) is 11.0 Å². The van der Waals surface area contributed by atoms with Crippen LogP contribution in [0.1, 0.15) is 17.3 Å². The molecular weight excluding hydrogens is 322 g/mol. The third-order valence-corrected chi connectivity index (χ3v) is 4.13. The Morgan fingerprint density at radius 2 is 2.00 bits per heavy atom. The minimum atomic E-state index is -0.133. The van der Waals surface area contributed by atoms with E-state index in [-0.39, 0.29) is 18.5 Å². The number of hydrogen-bond acceptors (Lipinski definition) is 6. The number of nitrogens with one attached hydrogen (secondary N) is 1. The van der Waals surface area contributed by atoms with Gasteiger partial charge in [0.25, 0.3) is 0 Å². The summed E-state index contributed by atoms with van der Waals surface area (Å²) in [5.41, 5.74) is 3.57. The number of anilines is 1. The lowest BCUT2D eigenvalue weighted by atomic mass is 10.0. The molecule has 0 bridgehead atoms. The van der Waals surface area contributed by atoms with Crippen LogP contribution < -0.4 is 5.32 Å². The van der Waals surface area contributed by atoms with E-state index in [9.17, 15) is 4.79 Å². The van der Waals surface area contributed by atoms with E-state index in [4.69, 9.17) is 0 Å². The molecule has 2 heterocycles. The third kappa shape index (κ3) is 4.01. The molecule has 0 radical (unpaired) electrons. The molecule has 2 aromatic heterocycles. The molecule has 0 unspecified atom stereocenters. The molecule has 122 valence electrons. The van der Waals surface area contributed by atoms with Gasteiger partial charge in [-0.3, -0.25) is 20.0 Å². The van der Waals surface area contributed by atoms with Gasteiger partial charge in [-0.25, -0.2) is 0 Å². The lowest BCUT2D eigenvalue weighted by molar-refractivity contribution is -0.117. The van der Waals surface area contributed by atoms with Crippen molar-refractivity contribution in [3.8, 4) is 0 Å². The van der Waals surface area contributed by atoms with Gasteiger partial charge >= 0.3 is 0 Å². The van der Waals surface area contributed by atoms with Gasteiger partial charge < -0.3 is 0 Å². The van der Waals surface area contributed by atoms with Crippen LogP contribution in [-0.4, -0.2) is 39.6 Å². The third-order valence-electron chi connectivity index (χ3n) is 3.52. The van der Waals surface area contributed by atoms with E-state index >= 15 is 0 Å². The molecule has 0 aliphatic carbocycles. The van der Waals surface area contributed by atoms with E-state index in [1.807, 2.05) is 60.5 Å². The summed E-state index contributed by atoms with van der Waals surface area (Å²) in [6.07, 6.45) is 1.76. The number of benzene rings is 1. The Morgan fingerprint density at radius 1 is 1.21 bits per heavy atom. The minimum Gasteiger partial charge on any atom is -0.299 e. The van der Waals surface area contributed by atoms with Crippen LogP contribution in [0.25, 0.3) is 0 Å². The zero-order valence-electron chi connectivity index (χ0n) is 13.2. The van der Waals surface area contributed by atoms with Crippen LogP contribution >= 0.6 is 11.3 Å². The lowest BCUT2D eigenvalue weighted by Crippen LogP contribution is -2.34. The van der Waals surface area contributed by atoms with E-state index in [2.05, 4.69) is 20.5 Å². The van der Waals surface area contributed by atoms with E-state index < -0.39 is 0 Å². The lowest BCUT2D eigenvalue weighted by Gasteiger charge is -2.27. The molecule has 0 spiro atoms. The van der Waals surface area contributed by atoms with E-state index in [1.165, 1.54) is 11.3 Å². The number of pyridine rings is 1. The Bertz CT molecular complexity index is 725. The number of hydrogen-bond donors (Lipinski definition) is 1. The average Bonchev–Trinajstić information content (AvgIpc) is 3.10. The molecule has 1 atom stereocenters. The summed E-state index contributed by atoms with van der Waals surface area (Å²) >= 11 is 1.29. The summed E-state index contributed by atoms with van der Waals surface area (Å²) in [6, 6.07) is 15.7. The van der Waals surface area contributed by atoms with Crippen LogP contribution in [0.5, 0.6) is 0 Å². The molecule has 0 aliphatic heterocycles. The van der Waals surface area contributed by atoms with E-state index in [0.717, 1.165) is 11.3 Å². The number of nitrogens with zero attached hydrogens (tertiary/aromatic N) is 4. The second kappa shape index (κ2) is 7.76. The molecule has 7 heteroatoms. The second-order valence-electron chi connectivity index (χ2n) is 5.27. The van der Waals surface area contributed by atoms with Crippen LogP contribution in [0, 0.1) is 0 Å². The molecule has 24 heavy (non-hydrogen) atoms. The van der Waals surface area contributed by atoms with Crippen molar-refractivity contribution in [2.45, 2.75) is 6.04 Å². The molecule has 1 N–H and O–H groups in total. The van der Waals surface area contributed by atoms with Crippen molar-refractivity contribution in [3.63, 3.8) is 0 Å². The number of likely N-dealkylation sites (N-methyl/N-ethyl adjacent to an activating group) is 1. The van der Waals surface area contributed by atoms with Crippen LogP contribution in [0.15, 0.2) is 60.2 Å². The molecular formula is C17H17N5OS. The number of aromatic nitrogens is 3. The Kier molecular flexibility index (Phi) is 5.25. The van der Waals surface area contributed by atoms with Gasteiger partial charge in [0.15, 0.2) is 0 Å². The van der Waals surface area contributed by atoms with Gasteiger partial charge in [-0.2, -0.15) is 0 Å². The highest BCUT2D eigenvalue weighted by atomic mass is 32.1. The highest BCUT2D eigenvalue weighted by Gasteiger charge is 2.22. The summed E-state index contributed by atoms with van der Waals surface area (Å²) < 4.78 is 0. The molecule has 1 amide bonds. The highest BCUT2D eigenvalue weighted by Crippen LogP contribution is 2.25. The predicted molar refractivity (Wildman–Crippen MR) is 93.7 cm³/mol. The first kappa shape index (κ1) is 16.2. The van der Waals surface area contributed by atoms with Crippen LogP contribution in [0.4, 0.5) is 5.13 Å². The van der Waals surface area contributed by atoms with Gasteiger partial charge in [0.05, 0.1) is 18.3 Å². The fourth-order valence-electron chi connectivity index (χ4n) is 2.53. The maximum absolute atomic E-state index is 12.3. The summed E-state index contributed by atoms with van der Waals surface area (Å²) in [4.78, 5) is 18.7. The molecule has 6 nitrogen and oxygen atoms in total. The van der Waals surface area contributed by atoms with Crippen molar-refractivity contribution in [2.75, 3.05) is 18.9 Å². The largest absolute Gasteiger partial charge is 0.299 e. The molecule has 3 aromatic rings. The van der Waals surface area contributed by atoms with Crippen molar-refractivity contribution >= 4 is 22.4 Å². The normalized spacial score (nSPS) is 12.1. The zero-order valence-corrected chi connectivity index (χ0v) is 14.0. The van der Waals surface area contributed by atoms with Crippen molar-refractivity contribution in [1.29, 1.82) is 0 Å². The highest BCUT2D eigenvalue weighted by molar-refractivity contribution is 7.13. The molecule has 3 rings (SSSR count). The van der Waals surface area contributed by atoms with Gasteiger partial charge in [-0.1, -0.05) is 47.7 Å². The number of carbonyl (C=O) groups excluding carboxylic acids is 1. The van der Waals surface area contributed by atoms with Crippen LogP contribution in [0.2, 0.25) is 0 Å². The van der Waals surface area contributed by atoms with Gasteiger partial charge in [-0.05, 0) is 24.7 Å². The molecule has 0 saturated heterocycles. The Morgan fingerprint density at radius 3 is 2.67 bits per heavy atom. The topological polar surface area (TPSA) is 71.0 Å². The van der Waals surface area contributed by atoms with Crippen molar-refractivity contribution in [1.82, 2.24) is 20.1 Å². The predicted octanol–water partition coefficient (Wildman–Crippen LogP) is 2.59.